The van der Waals surface area contributed by atoms with Crippen molar-refractivity contribution >= 4 is 0 Å². The molecule has 1 aliphatic heterocycles. The molecule has 2 N–H and O–H groups in total. The van der Waals surface area contributed by atoms with Gasteiger partial charge in [0.15, 0.2) is 0 Å². The van der Waals surface area contributed by atoms with E-state index in [4.69, 9.17) is 4.74 Å². The fourth-order valence-corrected chi connectivity index (χ4v) is 2.18. The average molecular weight is 216 g/mol. The molecule has 1 aliphatic rings. The monoisotopic (exact) mass is 216 g/mol. The molecule has 0 saturated carbocycles. The predicted octanol–water partition coefficient (Wildman–Crippen LogP) is 0.0676. The number of aliphatic hydroxyl groups excluding tert-OH is 1. The smallest absolute Gasteiger partial charge is 0.0900 e. The van der Waals surface area contributed by atoms with Crippen molar-refractivity contribution in [3.8, 4) is 0 Å². The van der Waals surface area contributed by atoms with E-state index in [0.717, 1.165) is 32.6 Å². The van der Waals surface area contributed by atoms with Crippen LogP contribution in [0, 0.1) is 0 Å². The van der Waals surface area contributed by atoms with E-state index >= 15 is 0 Å². The molecule has 2 atom stereocenters. The predicted molar refractivity (Wildman–Crippen MR) is 61.0 cm³/mol. The minimum Gasteiger partial charge on any atom is -0.389 e. The van der Waals surface area contributed by atoms with Crippen molar-refractivity contribution in [3.05, 3.63) is 0 Å². The van der Waals surface area contributed by atoms with Gasteiger partial charge in [-0.25, -0.2) is 0 Å². The molecule has 90 valence electrons. The van der Waals surface area contributed by atoms with Crippen LogP contribution in [-0.2, 0) is 4.74 Å². The highest BCUT2D eigenvalue weighted by atomic mass is 16.5. The number of rotatable bonds is 7. The van der Waals surface area contributed by atoms with Gasteiger partial charge in [0, 0.05) is 26.2 Å². The van der Waals surface area contributed by atoms with Crippen molar-refractivity contribution in [2.24, 2.45) is 0 Å². The standard InChI is InChI=1S/C11H24N2O2/c1-3-6-13(8-11(14)9-15-2)10-4-5-12-7-10/h10-12,14H,3-9H2,1-2H3. The Balaban J connectivity index is 2.34. The molecule has 0 radical (unpaired) electrons. The van der Waals surface area contributed by atoms with Crippen LogP contribution in [0.2, 0.25) is 0 Å². The molecule has 0 aliphatic carbocycles. The lowest BCUT2D eigenvalue weighted by Gasteiger charge is -2.29. The first-order valence-corrected chi connectivity index (χ1v) is 5.89. The zero-order chi connectivity index (χ0) is 11.1. The van der Waals surface area contributed by atoms with Gasteiger partial charge in [-0.1, -0.05) is 6.92 Å². The summed E-state index contributed by atoms with van der Waals surface area (Å²) in [4.78, 5) is 2.38. The zero-order valence-electron chi connectivity index (χ0n) is 9.91. The fraction of sp³-hybridized carbons (Fsp3) is 1.00. The molecule has 0 amide bonds. The first kappa shape index (κ1) is 12.9. The van der Waals surface area contributed by atoms with Gasteiger partial charge in [-0.3, -0.25) is 4.90 Å². The molecule has 15 heavy (non-hydrogen) atoms. The van der Waals surface area contributed by atoms with Crippen LogP contribution in [0.1, 0.15) is 19.8 Å². The van der Waals surface area contributed by atoms with Crippen LogP contribution in [0.25, 0.3) is 0 Å². The Kier molecular flexibility index (Phi) is 6.17. The maximum Gasteiger partial charge on any atom is 0.0900 e. The van der Waals surface area contributed by atoms with E-state index in [9.17, 15) is 5.11 Å². The molecule has 0 spiro atoms. The number of aliphatic hydroxyl groups is 1. The molecule has 0 aromatic carbocycles. The highest BCUT2D eigenvalue weighted by molar-refractivity contribution is 4.81. The fourth-order valence-electron chi connectivity index (χ4n) is 2.18. The third-order valence-electron chi connectivity index (χ3n) is 2.87. The lowest BCUT2D eigenvalue weighted by atomic mass is 10.2. The first-order valence-electron chi connectivity index (χ1n) is 5.89. The van der Waals surface area contributed by atoms with E-state index in [1.54, 1.807) is 7.11 Å². The van der Waals surface area contributed by atoms with E-state index in [0.29, 0.717) is 12.6 Å². The molecule has 1 fully saturated rings. The Morgan fingerprint density at radius 3 is 2.93 bits per heavy atom. The second-order valence-corrected chi connectivity index (χ2v) is 4.25. The van der Waals surface area contributed by atoms with Gasteiger partial charge in [-0.15, -0.1) is 0 Å². The van der Waals surface area contributed by atoms with Gasteiger partial charge in [0.25, 0.3) is 0 Å². The molecule has 2 unspecified atom stereocenters. The van der Waals surface area contributed by atoms with Crippen LogP contribution < -0.4 is 5.32 Å². The van der Waals surface area contributed by atoms with E-state index in [2.05, 4.69) is 17.1 Å². The summed E-state index contributed by atoms with van der Waals surface area (Å²) in [5.41, 5.74) is 0. The molecule has 4 nitrogen and oxygen atoms in total. The summed E-state index contributed by atoms with van der Waals surface area (Å²) in [6, 6.07) is 0.594. The number of hydrogen-bond donors (Lipinski definition) is 2. The van der Waals surface area contributed by atoms with Gasteiger partial charge in [-0.2, -0.15) is 0 Å². The number of methoxy groups -OCH3 is 1. The number of nitrogens with one attached hydrogen (secondary N) is 1. The van der Waals surface area contributed by atoms with Gasteiger partial charge >= 0.3 is 0 Å². The third kappa shape index (κ3) is 4.47. The summed E-state index contributed by atoms with van der Waals surface area (Å²) in [6.45, 7) is 6.56. The molecule has 1 saturated heterocycles. The van der Waals surface area contributed by atoms with Crippen molar-refractivity contribution < 1.29 is 9.84 Å². The third-order valence-corrected chi connectivity index (χ3v) is 2.87. The number of ether oxygens (including phenoxy) is 1. The van der Waals surface area contributed by atoms with E-state index in [-0.39, 0.29) is 6.10 Å². The minimum absolute atomic E-state index is 0.359. The van der Waals surface area contributed by atoms with Crippen LogP contribution in [0.5, 0.6) is 0 Å². The molecule has 0 aromatic rings. The molecule has 1 rings (SSSR count). The maximum atomic E-state index is 9.72. The molecule has 1 heterocycles. The minimum atomic E-state index is -0.359. The van der Waals surface area contributed by atoms with Crippen molar-refractivity contribution in [2.45, 2.75) is 31.9 Å². The van der Waals surface area contributed by atoms with E-state index in [1.807, 2.05) is 0 Å². The van der Waals surface area contributed by atoms with Crippen molar-refractivity contribution in [1.82, 2.24) is 10.2 Å². The largest absolute Gasteiger partial charge is 0.389 e. The Bertz CT molecular complexity index is 161. The second kappa shape index (κ2) is 7.17. The highest BCUT2D eigenvalue weighted by Crippen LogP contribution is 2.09. The Hall–Kier alpha value is -0.160. The van der Waals surface area contributed by atoms with Crippen molar-refractivity contribution in [2.75, 3.05) is 39.9 Å². The van der Waals surface area contributed by atoms with Crippen LogP contribution in [-0.4, -0.2) is 62.0 Å². The van der Waals surface area contributed by atoms with Gasteiger partial charge < -0.3 is 15.2 Å². The van der Waals surface area contributed by atoms with Gasteiger partial charge in [0.1, 0.15) is 0 Å². The second-order valence-electron chi connectivity index (χ2n) is 4.25. The summed E-state index contributed by atoms with van der Waals surface area (Å²) in [7, 11) is 1.63. The number of hydrogen-bond acceptors (Lipinski definition) is 4. The molecular weight excluding hydrogens is 192 g/mol. The molecular formula is C11H24N2O2. The molecule has 0 aromatic heterocycles. The summed E-state index contributed by atoms with van der Waals surface area (Å²) in [6.07, 6.45) is 1.97. The van der Waals surface area contributed by atoms with Crippen molar-refractivity contribution in [1.29, 1.82) is 0 Å². The van der Waals surface area contributed by atoms with Crippen LogP contribution in [0.4, 0.5) is 0 Å². The summed E-state index contributed by atoms with van der Waals surface area (Å²) in [5.74, 6) is 0. The Labute approximate surface area is 92.6 Å². The van der Waals surface area contributed by atoms with Gasteiger partial charge in [-0.05, 0) is 25.9 Å². The maximum absolute atomic E-state index is 9.72. The normalized spacial score (nSPS) is 23.6. The van der Waals surface area contributed by atoms with Crippen LogP contribution >= 0.6 is 0 Å². The van der Waals surface area contributed by atoms with Crippen LogP contribution in [0.3, 0.4) is 0 Å². The summed E-state index contributed by atoms with van der Waals surface area (Å²) >= 11 is 0. The Morgan fingerprint density at radius 2 is 2.40 bits per heavy atom. The first-order chi connectivity index (χ1) is 7.27. The number of nitrogens with zero attached hydrogens (tertiary/aromatic N) is 1. The highest BCUT2D eigenvalue weighted by Gasteiger charge is 2.23. The zero-order valence-corrected chi connectivity index (χ0v) is 9.91. The lowest BCUT2D eigenvalue weighted by molar-refractivity contribution is 0.0285. The van der Waals surface area contributed by atoms with Gasteiger partial charge in [0.2, 0.25) is 0 Å². The lowest BCUT2D eigenvalue weighted by Crippen LogP contribution is -2.43. The van der Waals surface area contributed by atoms with Gasteiger partial charge in [0.05, 0.1) is 12.7 Å². The van der Waals surface area contributed by atoms with E-state index in [1.165, 1.54) is 6.42 Å². The van der Waals surface area contributed by atoms with E-state index < -0.39 is 0 Å². The molecule has 4 heteroatoms. The topological polar surface area (TPSA) is 44.7 Å². The molecule has 0 bridgehead atoms. The SMILES string of the molecule is CCCN(CC(O)COC)C1CCNC1. The summed E-state index contributed by atoms with van der Waals surface area (Å²) in [5, 5.41) is 13.1. The van der Waals surface area contributed by atoms with Crippen LogP contribution in [0.15, 0.2) is 0 Å². The summed E-state index contributed by atoms with van der Waals surface area (Å²) < 4.78 is 4.95. The average Bonchev–Trinajstić information content (AvgIpc) is 2.70. The Morgan fingerprint density at radius 1 is 1.60 bits per heavy atom. The van der Waals surface area contributed by atoms with Crippen molar-refractivity contribution in [3.63, 3.8) is 0 Å². The quantitative estimate of drug-likeness (QED) is 0.632.